The summed E-state index contributed by atoms with van der Waals surface area (Å²) in [6, 6.07) is 18.2. The number of hydrogen-bond acceptors (Lipinski definition) is 1. The molecule has 94 valence electrons. The SMILES string of the molecule is COc1cccc2ccc(-c3ccc(I)cc3)[o+]c12. The van der Waals surface area contributed by atoms with E-state index in [1.54, 1.807) is 7.11 Å². The summed E-state index contributed by atoms with van der Waals surface area (Å²) < 4.78 is 12.5. The largest absolute Gasteiger partial charge is 0.488 e. The predicted octanol–water partition coefficient (Wildman–Crippen LogP) is 4.99. The summed E-state index contributed by atoms with van der Waals surface area (Å²) in [5.41, 5.74) is 1.84. The Morgan fingerprint density at radius 2 is 1.74 bits per heavy atom. The number of fused-ring (bicyclic) bond motifs is 1. The van der Waals surface area contributed by atoms with Gasteiger partial charge in [-0.3, -0.25) is 0 Å². The number of hydrogen-bond donors (Lipinski definition) is 0. The minimum atomic E-state index is 0.755. The highest BCUT2D eigenvalue weighted by atomic mass is 127. The highest BCUT2D eigenvalue weighted by Crippen LogP contribution is 2.30. The standard InChI is InChI=1S/C16H12IO2/c1-18-15-4-2-3-12-7-10-14(19-16(12)15)11-5-8-13(17)9-6-11/h2-10H,1H3/q+1. The molecule has 0 aliphatic carbocycles. The second-order valence-corrected chi connectivity index (χ2v) is 5.43. The number of benzene rings is 2. The Morgan fingerprint density at radius 3 is 2.47 bits per heavy atom. The fourth-order valence-corrected chi connectivity index (χ4v) is 2.37. The second-order valence-electron chi connectivity index (χ2n) is 4.19. The van der Waals surface area contributed by atoms with Crippen LogP contribution in [0.1, 0.15) is 0 Å². The molecule has 0 radical (unpaired) electrons. The van der Waals surface area contributed by atoms with Crippen molar-refractivity contribution in [3.05, 3.63) is 58.2 Å². The van der Waals surface area contributed by atoms with Crippen molar-refractivity contribution in [1.82, 2.24) is 0 Å². The van der Waals surface area contributed by atoms with Crippen molar-refractivity contribution >= 4 is 33.6 Å². The van der Waals surface area contributed by atoms with Crippen LogP contribution < -0.4 is 4.74 Å². The van der Waals surface area contributed by atoms with E-state index in [-0.39, 0.29) is 0 Å². The van der Waals surface area contributed by atoms with Gasteiger partial charge in [-0.15, -0.1) is 0 Å². The van der Waals surface area contributed by atoms with E-state index in [0.717, 1.165) is 28.0 Å². The van der Waals surface area contributed by atoms with Crippen LogP contribution in [0.3, 0.4) is 0 Å². The Morgan fingerprint density at radius 1 is 0.947 bits per heavy atom. The van der Waals surface area contributed by atoms with E-state index < -0.39 is 0 Å². The number of ether oxygens (including phenoxy) is 1. The van der Waals surface area contributed by atoms with E-state index in [4.69, 9.17) is 9.15 Å². The van der Waals surface area contributed by atoms with Crippen molar-refractivity contribution in [3.8, 4) is 17.1 Å². The van der Waals surface area contributed by atoms with Crippen molar-refractivity contribution in [2.75, 3.05) is 7.11 Å². The van der Waals surface area contributed by atoms with Crippen LogP contribution in [-0.2, 0) is 0 Å². The first-order valence-electron chi connectivity index (χ1n) is 5.94. The van der Waals surface area contributed by atoms with Gasteiger partial charge in [-0.1, -0.05) is 6.07 Å². The molecule has 2 nitrogen and oxygen atoms in total. The molecule has 2 aromatic carbocycles. The molecular formula is C16H12IO2+. The van der Waals surface area contributed by atoms with Gasteiger partial charge in [0.1, 0.15) is 0 Å². The lowest BCUT2D eigenvalue weighted by molar-refractivity contribution is 0.410. The molecule has 0 atom stereocenters. The van der Waals surface area contributed by atoms with Gasteiger partial charge >= 0.3 is 11.3 Å². The molecule has 0 amide bonds. The first-order valence-corrected chi connectivity index (χ1v) is 7.01. The van der Waals surface area contributed by atoms with E-state index in [9.17, 15) is 0 Å². The van der Waals surface area contributed by atoms with Crippen LogP contribution in [0.2, 0.25) is 0 Å². The number of halogens is 1. The zero-order valence-corrected chi connectivity index (χ0v) is 12.5. The van der Waals surface area contributed by atoms with Gasteiger partial charge in [-0.2, -0.15) is 0 Å². The van der Waals surface area contributed by atoms with Gasteiger partial charge in [0.15, 0.2) is 0 Å². The van der Waals surface area contributed by atoms with Crippen molar-refractivity contribution in [3.63, 3.8) is 0 Å². The van der Waals surface area contributed by atoms with Crippen LogP contribution in [0.15, 0.2) is 59.0 Å². The fourth-order valence-electron chi connectivity index (χ4n) is 2.01. The third-order valence-corrected chi connectivity index (χ3v) is 3.70. The lowest BCUT2D eigenvalue weighted by Crippen LogP contribution is -1.85. The normalized spacial score (nSPS) is 10.6. The summed E-state index contributed by atoms with van der Waals surface area (Å²) in [7, 11) is 1.65. The van der Waals surface area contributed by atoms with E-state index >= 15 is 0 Å². The smallest absolute Gasteiger partial charge is 0.402 e. The van der Waals surface area contributed by atoms with Crippen LogP contribution in [0.5, 0.6) is 5.75 Å². The topological polar surface area (TPSA) is 20.5 Å². The quantitative estimate of drug-likeness (QED) is 0.472. The highest BCUT2D eigenvalue weighted by molar-refractivity contribution is 14.1. The minimum absolute atomic E-state index is 0.755. The summed E-state index contributed by atoms with van der Waals surface area (Å²) in [6.45, 7) is 0. The Kier molecular flexibility index (Phi) is 3.38. The van der Waals surface area contributed by atoms with E-state index in [0.29, 0.717) is 0 Å². The lowest BCUT2D eigenvalue weighted by Gasteiger charge is -1.98. The van der Waals surface area contributed by atoms with Crippen LogP contribution in [0, 0.1) is 3.57 Å². The zero-order valence-electron chi connectivity index (χ0n) is 10.4. The molecular weight excluding hydrogens is 351 g/mol. The summed E-state index contributed by atoms with van der Waals surface area (Å²) in [5, 5.41) is 1.04. The zero-order chi connectivity index (χ0) is 13.2. The maximum Gasteiger partial charge on any atom is 0.402 e. The first-order chi connectivity index (χ1) is 9.28. The third kappa shape index (κ3) is 2.42. The molecule has 0 saturated carbocycles. The molecule has 3 aromatic rings. The molecule has 1 heterocycles. The lowest BCUT2D eigenvalue weighted by atomic mass is 10.1. The van der Waals surface area contributed by atoms with Crippen LogP contribution in [-0.4, -0.2) is 7.11 Å². The van der Waals surface area contributed by atoms with Crippen LogP contribution in [0.4, 0.5) is 0 Å². The van der Waals surface area contributed by atoms with Gasteiger partial charge in [0.05, 0.1) is 18.1 Å². The average Bonchev–Trinajstić information content (AvgIpc) is 2.47. The van der Waals surface area contributed by atoms with E-state index in [2.05, 4.69) is 52.9 Å². The molecule has 0 unspecified atom stereocenters. The van der Waals surface area contributed by atoms with Gasteiger partial charge in [-0.25, -0.2) is 4.42 Å². The molecule has 0 N–H and O–H groups in total. The minimum Gasteiger partial charge on any atom is -0.488 e. The Bertz CT molecular complexity index is 720. The highest BCUT2D eigenvalue weighted by Gasteiger charge is 2.18. The van der Waals surface area contributed by atoms with Gasteiger partial charge in [0.2, 0.25) is 5.75 Å². The molecule has 0 bridgehead atoms. The third-order valence-electron chi connectivity index (χ3n) is 2.98. The second kappa shape index (κ2) is 5.17. The van der Waals surface area contributed by atoms with Gasteiger partial charge < -0.3 is 4.74 Å². The molecule has 3 heteroatoms. The maximum absolute atomic E-state index is 5.98. The molecule has 0 aliphatic heterocycles. The Balaban J connectivity index is 2.18. The van der Waals surface area contributed by atoms with Crippen molar-refractivity contribution in [2.24, 2.45) is 0 Å². The monoisotopic (exact) mass is 363 g/mol. The Hall–Kier alpha value is -1.62. The molecule has 0 fully saturated rings. The molecule has 0 spiro atoms. The molecule has 0 aliphatic rings. The number of para-hydroxylation sites is 1. The molecule has 3 rings (SSSR count). The van der Waals surface area contributed by atoms with Gasteiger partial charge in [0.25, 0.3) is 0 Å². The molecule has 1 aromatic heterocycles. The van der Waals surface area contributed by atoms with Crippen molar-refractivity contribution in [2.45, 2.75) is 0 Å². The van der Waals surface area contributed by atoms with Gasteiger partial charge in [-0.05, 0) is 65.1 Å². The molecule has 0 saturated heterocycles. The van der Waals surface area contributed by atoms with Crippen LogP contribution >= 0.6 is 22.6 Å². The van der Waals surface area contributed by atoms with Crippen LogP contribution in [0.25, 0.3) is 22.3 Å². The predicted molar refractivity (Wildman–Crippen MR) is 85.3 cm³/mol. The summed E-state index contributed by atoms with van der Waals surface area (Å²) >= 11 is 2.29. The van der Waals surface area contributed by atoms with E-state index in [1.165, 1.54) is 3.57 Å². The van der Waals surface area contributed by atoms with Crippen molar-refractivity contribution in [1.29, 1.82) is 0 Å². The average molecular weight is 363 g/mol. The number of rotatable bonds is 2. The Labute approximate surface area is 125 Å². The van der Waals surface area contributed by atoms with Crippen molar-refractivity contribution < 1.29 is 9.15 Å². The van der Waals surface area contributed by atoms with E-state index in [1.807, 2.05) is 24.3 Å². The van der Waals surface area contributed by atoms with Gasteiger partial charge in [0, 0.05) is 9.64 Å². The first kappa shape index (κ1) is 12.4. The summed E-state index contributed by atoms with van der Waals surface area (Å²) in [4.78, 5) is 0. The maximum atomic E-state index is 5.98. The molecule has 19 heavy (non-hydrogen) atoms. The summed E-state index contributed by atoms with van der Waals surface area (Å²) in [5.74, 6) is 1.60. The summed E-state index contributed by atoms with van der Waals surface area (Å²) in [6.07, 6.45) is 0. The fraction of sp³-hybridized carbons (Fsp3) is 0.0625. The number of methoxy groups -OCH3 is 1.